The summed E-state index contributed by atoms with van der Waals surface area (Å²) in [6, 6.07) is 6.39. The van der Waals surface area contributed by atoms with Gasteiger partial charge in [0.25, 0.3) is 0 Å². The summed E-state index contributed by atoms with van der Waals surface area (Å²) in [5, 5.41) is 2.76. The largest absolute Gasteiger partial charge is 0.398 e. The number of nitrogens with one attached hydrogen (secondary N) is 1. The second-order valence-corrected chi connectivity index (χ2v) is 6.33. The molecule has 0 bridgehead atoms. The Labute approximate surface area is 110 Å². The maximum atomic E-state index is 12.0. The van der Waals surface area contributed by atoms with E-state index in [1.165, 1.54) is 17.4 Å². The SMILES string of the molecule is Nc1ccccc1S(=O)(=O)NCCc1nccs1. The van der Waals surface area contributed by atoms with Gasteiger partial charge in [0.1, 0.15) is 4.90 Å². The van der Waals surface area contributed by atoms with Crippen molar-refractivity contribution in [3.8, 4) is 0 Å². The van der Waals surface area contributed by atoms with Crippen molar-refractivity contribution in [2.75, 3.05) is 12.3 Å². The average molecular weight is 283 g/mol. The van der Waals surface area contributed by atoms with E-state index in [1.54, 1.807) is 24.4 Å². The summed E-state index contributed by atoms with van der Waals surface area (Å²) >= 11 is 1.50. The number of thiazole rings is 1. The molecule has 0 spiro atoms. The molecule has 96 valence electrons. The number of nitrogens with two attached hydrogens (primary N) is 1. The topological polar surface area (TPSA) is 85.1 Å². The molecule has 2 rings (SSSR count). The van der Waals surface area contributed by atoms with Crippen LogP contribution in [0.4, 0.5) is 5.69 Å². The van der Waals surface area contributed by atoms with E-state index in [-0.39, 0.29) is 10.6 Å². The first-order valence-corrected chi connectivity index (χ1v) is 7.68. The van der Waals surface area contributed by atoms with E-state index >= 15 is 0 Å². The Kier molecular flexibility index (Phi) is 3.95. The quantitative estimate of drug-likeness (QED) is 0.809. The monoisotopic (exact) mass is 283 g/mol. The number of aromatic nitrogens is 1. The Morgan fingerprint density at radius 2 is 2.11 bits per heavy atom. The lowest BCUT2D eigenvalue weighted by Gasteiger charge is -2.07. The molecule has 0 fully saturated rings. The van der Waals surface area contributed by atoms with Gasteiger partial charge in [0.15, 0.2) is 0 Å². The van der Waals surface area contributed by atoms with E-state index in [4.69, 9.17) is 5.73 Å². The number of nitrogen functional groups attached to an aromatic ring is 1. The molecule has 2 aromatic rings. The third kappa shape index (κ3) is 3.06. The van der Waals surface area contributed by atoms with E-state index in [9.17, 15) is 8.42 Å². The van der Waals surface area contributed by atoms with Crippen molar-refractivity contribution in [2.45, 2.75) is 11.3 Å². The highest BCUT2D eigenvalue weighted by molar-refractivity contribution is 7.89. The van der Waals surface area contributed by atoms with Gasteiger partial charge in [-0.15, -0.1) is 11.3 Å². The molecule has 0 atom stereocenters. The number of anilines is 1. The minimum Gasteiger partial charge on any atom is -0.398 e. The molecule has 1 heterocycles. The lowest BCUT2D eigenvalue weighted by Crippen LogP contribution is -2.26. The summed E-state index contributed by atoms with van der Waals surface area (Å²) in [4.78, 5) is 4.20. The highest BCUT2D eigenvalue weighted by Crippen LogP contribution is 2.16. The van der Waals surface area contributed by atoms with Crippen molar-refractivity contribution in [1.29, 1.82) is 0 Å². The van der Waals surface area contributed by atoms with Gasteiger partial charge in [-0.3, -0.25) is 0 Å². The fourth-order valence-electron chi connectivity index (χ4n) is 1.47. The minimum atomic E-state index is -3.54. The summed E-state index contributed by atoms with van der Waals surface area (Å²) in [5.41, 5.74) is 5.89. The molecular formula is C11H13N3O2S2. The van der Waals surface area contributed by atoms with E-state index in [0.717, 1.165) is 5.01 Å². The Morgan fingerprint density at radius 3 is 2.78 bits per heavy atom. The molecule has 0 unspecified atom stereocenters. The Bertz CT molecular complexity index is 609. The van der Waals surface area contributed by atoms with Crippen LogP contribution in [0.25, 0.3) is 0 Å². The van der Waals surface area contributed by atoms with E-state index in [0.29, 0.717) is 13.0 Å². The third-order valence-electron chi connectivity index (χ3n) is 2.32. The lowest BCUT2D eigenvalue weighted by atomic mass is 10.3. The van der Waals surface area contributed by atoms with Gasteiger partial charge in [0.05, 0.1) is 10.7 Å². The van der Waals surface area contributed by atoms with Gasteiger partial charge in [-0.2, -0.15) is 0 Å². The number of sulfonamides is 1. The Morgan fingerprint density at radius 1 is 1.33 bits per heavy atom. The van der Waals surface area contributed by atoms with E-state index in [2.05, 4.69) is 9.71 Å². The third-order valence-corrected chi connectivity index (χ3v) is 4.70. The Balaban J connectivity index is 2.02. The summed E-state index contributed by atoms with van der Waals surface area (Å²) in [5.74, 6) is 0. The zero-order chi connectivity index (χ0) is 13.0. The first-order chi connectivity index (χ1) is 8.59. The zero-order valence-electron chi connectivity index (χ0n) is 9.54. The van der Waals surface area contributed by atoms with Crippen molar-refractivity contribution in [1.82, 2.24) is 9.71 Å². The molecular weight excluding hydrogens is 270 g/mol. The molecule has 0 saturated carbocycles. The maximum absolute atomic E-state index is 12.0. The lowest BCUT2D eigenvalue weighted by molar-refractivity contribution is 0.582. The van der Waals surface area contributed by atoms with E-state index in [1.807, 2.05) is 5.38 Å². The van der Waals surface area contributed by atoms with Crippen LogP contribution in [0.3, 0.4) is 0 Å². The molecule has 0 saturated heterocycles. The molecule has 0 amide bonds. The van der Waals surface area contributed by atoms with Crippen LogP contribution in [0.15, 0.2) is 40.7 Å². The van der Waals surface area contributed by atoms with Gasteiger partial charge in [-0.1, -0.05) is 12.1 Å². The van der Waals surface area contributed by atoms with Gasteiger partial charge in [-0.25, -0.2) is 18.1 Å². The molecule has 18 heavy (non-hydrogen) atoms. The predicted octanol–water partition coefficient (Wildman–Crippen LogP) is 1.25. The van der Waals surface area contributed by atoms with Crippen LogP contribution in [-0.4, -0.2) is 19.9 Å². The Hall–Kier alpha value is -1.44. The number of hydrogen-bond donors (Lipinski definition) is 2. The second kappa shape index (κ2) is 5.47. The first kappa shape index (κ1) is 13.0. The van der Waals surface area contributed by atoms with Crippen molar-refractivity contribution in [3.63, 3.8) is 0 Å². The molecule has 7 heteroatoms. The average Bonchev–Trinajstić information content (AvgIpc) is 2.82. The molecule has 1 aromatic carbocycles. The van der Waals surface area contributed by atoms with Crippen LogP contribution in [0.5, 0.6) is 0 Å². The van der Waals surface area contributed by atoms with Crippen LogP contribution in [0, 0.1) is 0 Å². The molecule has 0 aliphatic heterocycles. The second-order valence-electron chi connectivity index (χ2n) is 3.61. The van der Waals surface area contributed by atoms with Crippen molar-refractivity contribution in [3.05, 3.63) is 40.8 Å². The number of hydrogen-bond acceptors (Lipinski definition) is 5. The van der Waals surface area contributed by atoms with Crippen LogP contribution in [0.2, 0.25) is 0 Å². The number of nitrogens with zero attached hydrogens (tertiary/aromatic N) is 1. The van der Waals surface area contributed by atoms with Crippen LogP contribution in [-0.2, 0) is 16.4 Å². The molecule has 3 N–H and O–H groups in total. The van der Waals surface area contributed by atoms with Crippen molar-refractivity contribution in [2.24, 2.45) is 0 Å². The summed E-state index contributed by atoms with van der Waals surface area (Å²) in [7, 11) is -3.54. The van der Waals surface area contributed by atoms with Gasteiger partial charge in [0, 0.05) is 24.5 Å². The summed E-state index contributed by atoms with van der Waals surface area (Å²) in [6.45, 7) is 0.310. The normalized spacial score (nSPS) is 11.6. The predicted molar refractivity (Wildman–Crippen MR) is 71.9 cm³/mol. The zero-order valence-corrected chi connectivity index (χ0v) is 11.2. The maximum Gasteiger partial charge on any atom is 0.242 e. The summed E-state index contributed by atoms with van der Waals surface area (Å²) < 4.78 is 26.5. The minimum absolute atomic E-state index is 0.115. The van der Waals surface area contributed by atoms with Gasteiger partial charge in [-0.05, 0) is 12.1 Å². The van der Waals surface area contributed by atoms with E-state index < -0.39 is 10.0 Å². The van der Waals surface area contributed by atoms with Gasteiger partial charge in [0.2, 0.25) is 10.0 Å². The number of rotatable bonds is 5. The highest BCUT2D eigenvalue weighted by atomic mass is 32.2. The van der Waals surface area contributed by atoms with Crippen LogP contribution >= 0.6 is 11.3 Å². The molecule has 1 aromatic heterocycles. The first-order valence-electron chi connectivity index (χ1n) is 5.32. The molecule has 0 radical (unpaired) electrons. The van der Waals surface area contributed by atoms with Gasteiger partial charge >= 0.3 is 0 Å². The van der Waals surface area contributed by atoms with Gasteiger partial charge < -0.3 is 5.73 Å². The number of benzene rings is 1. The van der Waals surface area contributed by atoms with Crippen LogP contribution in [0.1, 0.15) is 5.01 Å². The smallest absolute Gasteiger partial charge is 0.242 e. The van der Waals surface area contributed by atoms with Crippen LogP contribution < -0.4 is 10.5 Å². The van der Waals surface area contributed by atoms with Crippen molar-refractivity contribution >= 4 is 27.0 Å². The fourth-order valence-corrected chi connectivity index (χ4v) is 3.25. The van der Waals surface area contributed by atoms with Crippen molar-refractivity contribution < 1.29 is 8.42 Å². The highest BCUT2D eigenvalue weighted by Gasteiger charge is 2.16. The molecule has 0 aliphatic carbocycles. The molecule has 0 aliphatic rings. The standard InChI is InChI=1S/C11H13N3O2S2/c12-9-3-1-2-4-10(9)18(15,16)14-6-5-11-13-7-8-17-11/h1-4,7-8,14H,5-6,12H2. The summed E-state index contributed by atoms with van der Waals surface area (Å²) in [6.07, 6.45) is 2.27. The number of para-hydroxylation sites is 1. The molecule has 5 nitrogen and oxygen atoms in total. The fraction of sp³-hybridized carbons (Fsp3) is 0.182.